The summed E-state index contributed by atoms with van der Waals surface area (Å²) >= 11 is 0. The minimum Gasteiger partial charge on any atom is -0.759 e. The third kappa shape index (κ3) is 14.6. The number of rotatable bonds is 6. The zero-order valence-electron chi connectivity index (χ0n) is 16.3. The summed E-state index contributed by atoms with van der Waals surface area (Å²) in [6.45, 7) is 4.43. The fourth-order valence-corrected chi connectivity index (χ4v) is 2.10. The van der Waals surface area contributed by atoms with E-state index < -0.39 is 22.6 Å². The minimum absolute atomic E-state index is 0.193. The van der Waals surface area contributed by atoms with Crippen molar-refractivity contribution in [2.75, 3.05) is 13.2 Å². The van der Waals surface area contributed by atoms with Crippen molar-refractivity contribution in [2.45, 2.75) is 39.1 Å². The monoisotopic (exact) mass is 432 g/mol. The van der Waals surface area contributed by atoms with Crippen molar-refractivity contribution in [3.63, 3.8) is 0 Å². The number of hydrogen-bond donors (Lipinski definition) is 4. The van der Waals surface area contributed by atoms with Crippen LogP contribution in [-0.2, 0) is 23.5 Å². The molecule has 4 N–H and O–H groups in total. The van der Waals surface area contributed by atoms with Crippen molar-refractivity contribution < 1.29 is 47.1 Å². The fourth-order valence-electron chi connectivity index (χ4n) is 2.10. The molecule has 0 aromatic carbocycles. The summed E-state index contributed by atoms with van der Waals surface area (Å²) in [5, 5.41) is 35.6. The molecule has 0 fully saturated rings. The third-order valence-electron chi connectivity index (χ3n) is 3.57. The standard InChI is InChI=1S/2C9H14NO2.H2O4S/c2*1-8-4-2-3-5-10(8)6-9(12)7-11;1-5(2,3)4/h2*2-5,9,11-12H,6-7H2,1H3;(H2,1,2,3,4)/q2*+1;/p-2. The first-order chi connectivity index (χ1) is 13.5. The van der Waals surface area contributed by atoms with E-state index in [1.165, 1.54) is 0 Å². The highest BCUT2D eigenvalue weighted by Crippen LogP contribution is 1.90. The van der Waals surface area contributed by atoms with Crippen LogP contribution in [-0.4, -0.2) is 63.4 Å². The molecule has 11 heteroatoms. The van der Waals surface area contributed by atoms with E-state index in [0.717, 1.165) is 11.4 Å². The summed E-state index contributed by atoms with van der Waals surface area (Å²) < 4.78 is 37.9. The number of hydrogen-bond acceptors (Lipinski definition) is 8. The van der Waals surface area contributed by atoms with Gasteiger partial charge >= 0.3 is 0 Å². The maximum absolute atomic E-state index is 9.16. The summed E-state index contributed by atoms with van der Waals surface area (Å²) in [6.07, 6.45) is 2.43. The van der Waals surface area contributed by atoms with E-state index in [2.05, 4.69) is 0 Å². The normalized spacial score (nSPS) is 12.7. The van der Waals surface area contributed by atoms with Gasteiger partial charge in [0.15, 0.2) is 36.9 Å². The summed E-state index contributed by atoms with van der Waals surface area (Å²) in [6, 6.07) is 11.6. The van der Waals surface area contributed by atoms with Crippen molar-refractivity contribution in [3.8, 4) is 0 Å². The molecule has 2 unspecified atom stereocenters. The van der Waals surface area contributed by atoms with Gasteiger partial charge in [-0.1, -0.05) is 12.1 Å². The topological polar surface area (TPSA) is 169 Å². The van der Waals surface area contributed by atoms with Crippen LogP contribution >= 0.6 is 0 Å². The van der Waals surface area contributed by atoms with Gasteiger partial charge in [0, 0.05) is 48.5 Å². The molecule has 0 saturated carbocycles. The summed E-state index contributed by atoms with van der Waals surface area (Å²) in [5.41, 5.74) is 2.15. The van der Waals surface area contributed by atoms with Crippen LogP contribution in [0.25, 0.3) is 0 Å². The van der Waals surface area contributed by atoms with Crippen LogP contribution in [0.3, 0.4) is 0 Å². The van der Waals surface area contributed by atoms with E-state index in [9.17, 15) is 0 Å². The van der Waals surface area contributed by atoms with E-state index in [4.69, 9.17) is 37.9 Å². The summed E-state index contributed by atoms with van der Waals surface area (Å²) in [5.74, 6) is 0. The average Bonchev–Trinajstić information content (AvgIpc) is 2.64. The van der Waals surface area contributed by atoms with Gasteiger partial charge in [-0.05, 0) is 0 Å². The lowest BCUT2D eigenvalue weighted by molar-refractivity contribution is -0.709. The smallest absolute Gasteiger partial charge is 0.178 e. The lowest BCUT2D eigenvalue weighted by Gasteiger charge is -2.06. The van der Waals surface area contributed by atoms with Crippen LogP contribution in [0.4, 0.5) is 0 Å². The second-order valence-electron chi connectivity index (χ2n) is 6.07. The number of pyridine rings is 2. The Hall–Kier alpha value is -1.99. The first-order valence-electron chi connectivity index (χ1n) is 8.62. The second-order valence-corrected chi connectivity index (χ2v) is 6.89. The Labute approximate surface area is 170 Å². The number of aryl methyl sites for hydroxylation is 2. The van der Waals surface area contributed by atoms with Gasteiger partial charge < -0.3 is 29.5 Å². The Kier molecular flexibility index (Phi) is 13.1. The molecule has 0 aliphatic carbocycles. The van der Waals surface area contributed by atoms with Gasteiger partial charge in [-0.3, -0.25) is 8.42 Å². The Morgan fingerprint density at radius 3 is 1.38 bits per heavy atom. The number of nitrogens with zero attached hydrogens (tertiary/aromatic N) is 2. The molecule has 2 rings (SSSR count). The summed E-state index contributed by atoms with van der Waals surface area (Å²) in [4.78, 5) is 0. The van der Waals surface area contributed by atoms with Crippen LogP contribution in [0.15, 0.2) is 48.8 Å². The van der Waals surface area contributed by atoms with Gasteiger partial charge in [0.1, 0.15) is 12.2 Å². The van der Waals surface area contributed by atoms with Crippen LogP contribution in [0.2, 0.25) is 0 Å². The van der Waals surface area contributed by atoms with E-state index in [-0.39, 0.29) is 13.2 Å². The van der Waals surface area contributed by atoms with E-state index in [0.29, 0.717) is 13.1 Å². The summed E-state index contributed by atoms with van der Waals surface area (Å²) in [7, 11) is -5.17. The van der Waals surface area contributed by atoms with Gasteiger partial charge in [-0.25, -0.2) is 0 Å². The first kappa shape index (κ1) is 27.0. The zero-order valence-corrected chi connectivity index (χ0v) is 17.1. The predicted octanol–water partition coefficient (Wildman–Crippen LogP) is -2.07. The molecule has 2 atom stereocenters. The molecule has 2 aromatic heterocycles. The van der Waals surface area contributed by atoms with E-state index in [1.54, 1.807) is 0 Å². The van der Waals surface area contributed by atoms with Crippen LogP contribution in [0.1, 0.15) is 11.4 Å². The molecule has 29 heavy (non-hydrogen) atoms. The number of aliphatic hydroxyl groups excluding tert-OH is 4. The lowest BCUT2D eigenvalue weighted by atomic mass is 10.3. The fraction of sp³-hybridized carbons (Fsp3) is 0.444. The van der Waals surface area contributed by atoms with E-state index >= 15 is 0 Å². The quantitative estimate of drug-likeness (QED) is 0.229. The van der Waals surface area contributed by atoms with Gasteiger partial charge in [0.05, 0.1) is 13.2 Å². The highest BCUT2D eigenvalue weighted by Gasteiger charge is 2.11. The largest absolute Gasteiger partial charge is 0.759 e. The molecule has 0 saturated heterocycles. The van der Waals surface area contributed by atoms with Crippen molar-refractivity contribution in [1.29, 1.82) is 0 Å². The number of aliphatic hydroxyl groups is 4. The molecule has 10 nitrogen and oxygen atoms in total. The number of aromatic nitrogens is 2. The SMILES string of the molecule is Cc1cccc[n+]1CC(O)CO.Cc1cccc[n+]1CC(O)CO.O=S(=O)([O-])[O-]. The Bertz CT molecular complexity index is 756. The molecular weight excluding hydrogens is 404 g/mol. The maximum Gasteiger partial charge on any atom is 0.178 e. The lowest BCUT2D eigenvalue weighted by Crippen LogP contribution is -2.43. The Morgan fingerprint density at radius 2 is 1.14 bits per heavy atom. The molecule has 0 bridgehead atoms. The van der Waals surface area contributed by atoms with Crippen molar-refractivity contribution in [2.24, 2.45) is 0 Å². The third-order valence-corrected chi connectivity index (χ3v) is 3.57. The van der Waals surface area contributed by atoms with Crippen LogP contribution in [0.5, 0.6) is 0 Å². The van der Waals surface area contributed by atoms with E-state index in [1.807, 2.05) is 71.8 Å². The molecule has 0 radical (unpaired) electrons. The molecule has 0 spiro atoms. The molecule has 2 aromatic rings. The molecule has 0 aliphatic rings. The van der Waals surface area contributed by atoms with Crippen molar-refractivity contribution in [3.05, 3.63) is 60.2 Å². The van der Waals surface area contributed by atoms with Gasteiger partial charge in [-0.15, -0.1) is 0 Å². The molecular formula is C18H28N2O8S. The van der Waals surface area contributed by atoms with Crippen LogP contribution < -0.4 is 9.13 Å². The second kappa shape index (κ2) is 14.1. The maximum atomic E-state index is 9.16. The van der Waals surface area contributed by atoms with Gasteiger partial charge in [0.25, 0.3) is 0 Å². The zero-order chi connectivity index (χ0) is 22.4. The Morgan fingerprint density at radius 1 is 0.828 bits per heavy atom. The molecule has 0 amide bonds. The predicted molar refractivity (Wildman–Crippen MR) is 99.4 cm³/mol. The molecule has 164 valence electrons. The minimum atomic E-state index is -5.17. The van der Waals surface area contributed by atoms with Crippen molar-refractivity contribution >= 4 is 10.4 Å². The molecule has 2 heterocycles. The molecule has 0 aliphatic heterocycles. The van der Waals surface area contributed by atoms with Gasteiger partial charge in [0.2, 0.25) is 0 Å². The average molecular weight is 432 g/mol. The highest BCUT2D eigenvalue weighted by atomic mass is 32.3. The first-order valence-corrected chi connectivity index (χ1v) is 9.96. The van der Waals surface area contributed by atoms with Crippen LogP contribution in [0, 0.1) is 13.8 Å². The van der Waals surface area contributed by atoms with Gasteiger partial charge in [-0.2, -0.15) is 9.13 Å². The Balaban J connectivity index is 0.000000442. The van der Waals surface area contributed by atoms with Crippen molar-refractivity contribution in [1.82, 2.24) is 0 Å². The highest BCUT2D eigenvalue weighted by molar-refractivity contribution is 7.79.